The number of allylic oxidation sites excluding steroid dienone is 4. The molecule has 226 valence electrons. The predicted molar refractivity (Wildman–Crippen MR) is 179 cm³/mol. The van der Waals surface area contributed by atoms with E-state index in [0.29, 0.717) is 3.67 Å². The molecule has 44 heavy (non-hydrogen) atoms. The van der Waals surface area contributed by atoms with Crippen molar-refractivity contribution in [2.45, 2.75) is 62.5 Å². The summed E-state index contributed by atoms with van der Waals surface area (Å²) in [7, 11) is 0. The Kier molecular flexibility index (Phi) is 10.8. The SMILES string of the molecule is CC(C)(C)c1ccc2c(c1)-c1cc(C(C)(C)C)ccc1[CH]2[Hf+2]([C]1=CC=CC1)=[C](c1ccc(Cl)cc1)c1ccc(Cl)cc1.[Cl-].[Cl-]. The van der Waals surface area contributed by atoms with Gasteiger partial charge in [-0.3, -0.25) is 0 Å². The van der Waals surface area contributed by atoms with E-state index in [-0.39, 0.29) is 35.6 Å². The average Bonchev–Trinajstić information content (AvgIpc) is 3.58. The van der Waals surface area contributed by atoms with Gasteiger partial charge in [0.25, 0.3) is 0 Å². The molecule has 0 nitrogen and oxygen atoms in total. The summed E-state index contributed by atoms with van der Waals surface area (Å²) in [6, 6.07) is 31.8. The molecule has 2 aliphatic rings. The predicted octanol–water partition coefficient (Wildman–Crippen LogP) is 5.40. The molecule has 0 aliphatic heterocycles. The summed E-state index contributed by atoms with van der Waals surface area (Å²) in [5, 5.41) is 1.54. The van der Waals surface area contributed by atoms with E-state index in [1.807, 2.05) is 24.3 Å². The first kappa shape index (κ1) is 35.1. The molecule has 0 saturated carbocycles. The van der Waals surface area contributed by atoms with Crippen molar-refractivity contribution < 1.29 is 45.8 Å². The molecule has 0 aromatic heterocycles. The van der Waals surface area contributed by atoms with E-state index in [1.54, 1.807) is 3.33 Å². The van der Waals surface area contributed by atoms with Crippen molar-refractivity contribution in [3.63, 3.8) is 0 Å². The Morgan fingerprint density at radius 1 is 0.636 bits per heavy atom. The van der Waals surface area contributed by atoms with Gasteiger partial charge in [-0.05, 0) is 0 Å². The van der Waals surface area contributed by atoms with Crippen LogP contribution in [0.3, 0.4) is 0 Å². The maximum atomic E-state index is 6.42. The van der Waals surface area contributed by atoms with Crippen molar-refractivity contribution in [2.24, 2.45) is 0 Å². The zero-order valence-electron chi connectivity index (χ0n) is 26.1. The third kappa shape index (κ3) is 6.84. The Labute approximate surface area is 293 Å². The molecule has 0 fully saturated rings. The Bertz CT molecular complexity index is 1650. The van der Waals surface area contributed by atoms with Gasteiger partial charge in [-0.1, -0.05) is 0 Å². The molecule has 0 heterocycles. The fourth-order valence-corrected chi connectivity index (χ4v) is 19.8. The molecule has 0 bridgehead atoms. The van der Waals surface area contributed by atoms with Gasteiger partial charge in [0, 0.05) is 0 Å². The number of benzene rings is 4. The molecular formula is C39H38Cl4Hf. The molecule has 4 aromatic carbocycles. The summed E-state index contributed by atoms with van der Waals surface area (Å²) in [5.74, 6) is 0. The number of rotatable bonds is 4. The van der Waals surface area contributed by atoms with E-state index in [4.69, 9.17) is 23.2 Å². The third-order valence-corrected chi connectivity index (χ3v) is 21.3. The molecular weight excluding hydrogens is 789 g/mol. The van der Waals surface area contributed by atoms with Crippen molar-refractivity contribution in [3.8, 4) is 11.1 Å². The Morgan fingerprint density at radius 3 is 1.43 bits per heavy atom. The van der Waals surface area contributed by atoms with Crippen LogP contribution in [0.1, 0.15) is 85.0 Å². The maximum Gasteiger partial charge on any atom is -1.00 e. The minimum atomic E-state index is -2.98. The van der Waals surface area contributed by atoms with Crippen LogP contribution in [0.5, 0.6) is 0 Å². The zero-order chi connectivity index (χ0) is 29.8. The minimum Gasteiger partial charge on any atom is -1.00 e. The fourth-order valence-electron chi connectivity index (χ4n) is 6.34. The van der Waals surface area contributed by atoms with E-state index < -0.39 is 21.0 Å². The summed E-state index contributed by atoms with van der Waals surface area (Å²) in [6.45, 7) is 13.9. The Hall–Kier alpha value is -1.74. The monoisotopic (exact) mass is 826 g/mol. The van der Waals surface area contributed by atoms with Crippen LogP contribution >= 0.6 is 23.2 Å². The molecule has 4 aromatic rings. The molecule has 0 radical (unpaired) electrons. The van der Waals surface area contributed by atoms with Crippen LogP contribution in [-0.2, 0) is 31.8 Å². The van der Waals surface area contributed by atoms with Gasteiger partial charge >= 0.3 is 271 Å². The normalized spacial score (nSPS) is 13.7. The minimum absolute atomic E-state index is 0. The first-order chi connectivity index (χ1) is 19.9. The number of fused-ring (bicyclic) bond motifs is 3. The summed E-state index contributed by atoms with van der Waals surface area (Å²) < 4.78 is 3.55. The van der Waals surface area contributed by atoms with Crippen LogP contribution in [0.15, 0.2) is 106 Å². The third-order valence-electron chi connectivity index (χ3n) is 8.69. The van der Waals surface area contributed by atoms with Crippen LogP contribution in [0.2, 0.25) is 10.0 Å². The van der Waals surface area contributed by atoms with Gasteiger partial charge < -0.3 is 24.8 Å². The number of halogens is 4. The first-order valence-electron chi connectivity index (χ1n) is 14.8. The van der Waals surface area contributed by atoms with Gasteiger partial charge in [0.1, 0.15) is 0 Å². The topological polar surface area (TPSA) is 0 Å². The standard InChI is InChI=1S/C21H25.C13H8Cl2.C5H5.2ClH.Hf/c1-20(2,3)16-9-7-14-11-15-8-10-17(21(4,5)6)13-19(15)18(14)12-16;14-12-5-1-10(2-6-12)9-11-3-7-13(15)8-4-11;1-2-4-5-3-1;;;/h7-13H,1-6H3;1-8H;1-3H,4H2;2*1H;/q;;;;;+2/p-2. The van der Waals surface area contributed by atoms with Gasteiger partial charge in [0.05, 0.1) is 0 Å². The van der Waals surface area contributed by atoms with Crippen molar-refractivity contribution in [1.29, 1.82) is 0 Å². The molecule has 6 rings (SSSR count). The van der Waals surface area contributed by atoms with Gasteiger partial charge in [-0.2, -0.15) is 0 Å². The second-order valence-corrected chi connectivity index (χ2v) is 23.7. The van der Waals surface area contributed by atoms with Crippen molar-refractivity contribution in [1.82, 2.24) is 0 Å². The van der Waals surface area contributed by atoms with E-state index >= 15 is 0 Å². The Morgan fingerprint density at radius 2 is 1.07 bits per heavy atom. The molecule has 0 saturated heterocycles. The van der Waals surface area contributed by atoms with Crippen molar-refractivity contribution in [2.75, 3.05) is 0 Å². The van der Waals surface area contributed by atoms with E-state index in [9.17, 15) is 0 Å². The van der Waals surface area contributed by atoms with Crippen LogP contribution < -0.4 is 24.8 Å². The molecule has 0 atom stereocenters. The fraction of sp³-hybridized carbons (Fsp3) is 0.256. The van der Waals surface area contributed by atoms with Crippen LogP contribution in [0, 0.1) is 0 Å². The summed E-state index contributed by atoms with van der Waals surface area (Å²) >= 11 is 9.87. The second kappa shape index (κ2) is 13.5. The van der Waals surface area contributed by atoms with Gasteiger partial charge in [-0.15, -0.1) is 0 Å². The smallest absolute Gasteiger partial charge is 1.00 e. The van der Waals surface area contributed by atoms with E-state index in [1.165, 1.54) is 47.8 Å². The quantitative estimate of drug-likeness (QED) is 0.242. The van der Waals surface area contributed by atoms with Crippen LogP contribution in [0.4, 0.5) is 0 Å². The average molecular weight is 827 g/mol. The molecule has 0 unspecified atom stereocenters. The molecule has 5 heteroatoms. The summed E-state index contributed by atoms with van der Waals surface area (Å²) in [5.41, 5.74) is 11.4. The van der Waals surface area contributed by atoms with Crippen LogP contribution in [0.25, 0.3) is 11.1 Å². The van der Waals surface area contributed by atoms with Gasteiger partial charge in [0.15, 0.2) is 0 Å². The van der Waals surface area contributed by atoms with Crippen LogP contribution in [-0.4, -0.2) is 3.26 Å². The second-order valence-electron chi connectivity index (χ2n) is 13.7. The Balaban J connectivity index is 0.00000221. The molecule has 2 aliphatic carbocycles. The van der Waals surface area contributed by atoms with E-state index in [2.05, 4.69) is 120 Å². The summed E-state index contributed by atoms with van der Waals surface area (Å²) in [4.78, 5) is 0. The zero-order valence-corrected chi connectivity index (χ0v) is 32.7. The first-order valence-corrected chi connectivity index (χ1v) is 21.3. The molecule has 0 N–H and O–H groups in total. The van der Waals surface area contributed by atoms with Gasteiger partial charge in [0.2, 0.25) is 0 Å². The molecule has 0 amide bonds. The number of hydrogen-bond donors (Lipinski definition) is 0. The van der Waals surface area contributed by atoms with E-state index in [0.717, 1.165) is 16.5 Å². The largest absolute Gasteiger partial charge is 1.00 e. The van der Waals surface area contributed by atoms with Gasteiger partial charge in [-0.25, -0.2) is 0 Å². The molecule has 0 spiro atoms. The van der Waals surface area contributed by atoms with Crippen molar-refractivity contribution in [3.05, 3.63) is 150 Å². The summed E-state index contributed by atoms with van der Waals surface area (Å²) in [6.07, 6.45) is 8.07. The number of hydrogen-bond acceptors (Lipinski definition) is 0. The van der Waals surface area contributed by atoms with Crippen molar-refractivity contribution >= 4 is 26.5 Å². The maximum absolute atomic E-state index is 6.42.